The molecular formula is C20H31N5O. The molecule has 1 amide bonds. The van der Waals surface area contributed by atoms with E-state index in [0.717, 1.165) is 31.3 Å². The molecule has 26 heavy (non-hydrogen) atoms. The van der Waals surface area contributed by atoms with Gasteiger partial charge in [0, 0.05) is 37.2 Å². The molecule has 142 valence electrons. The van der Waals surface area contributed by atoms with E-state index in [1.165, 1.54) is 24.9 Å². The highest BCUT2D eigenvalue weighted by Gasteiger charge is 2.25. The van der Waals surface area contributed by atoms with Gasteiger partial charge in [0.15, 0.2) is 5.96 Å². The molecule has 2 aliphatic rings. The fourth-order valence-electron chi connectivity index (χ4n) is 3.96. The molecule has 6 heteroatoms. The van der Waals surface area contributed by atoms with Crippen LogP contribution in [0.3, 0.4) is 0 Å². The van der Waals surface area contributed by atoms with Gasteiger partial charge in [0.1, 0.15) is 0 Å². The summed E-state index contributed by atoms with van der Waals surface area (Å²) in [6.45, 7) is 8.94. The number of para-hydroxylation sites is 1. The Morgan fingerprint density at radius 2 is 2.15 bits per heavy atom. The molecule has 2 atom stereocenters. The van der Waals surface area contributed by atoms with E-state index < -0.39 is 0 Å². The smallest absolute Gasteiger partial charge is 0.225 e. The second-order valence-corrected chi connectivity index (χ2v) is 7.06. The molecule has 0 radical (unpaired) electrons. The predicted octanol–water partition coefficient (Wildman–Crippen LogP) is 2.15. The van der Waals surface area contributed by atoms with Gasteiger partial charge in [-0.15, -0.1) is 0 Å². The Balaban J connectivity index is 1.62. The van der Waals surface area contributed by atoms with E-state index in [1.54, 1.807) is 0 Å². The maximum absolute atomic E-state index is 12.0. The minimum atomic E-state index is 0.0852. The standard InChI is InChI=1S/C20H31N5O/c1-3-21-20(23-14-16-8-7-11-25(16)4-2)22-13-15-12-19(26)24-18-10-6-5-9-17(15)18/h5-6,9-10,15-16H,3-4,7-8,11-14H2,1-2H3,(H,24,26)(H2,21,22,23). The Hall–Kier alpha value is -2.08. The van der Waals surface area contributed by atoms with E-state index in [2.05, 4.69) is 40.8 Å². The quantitative estimate of drug-likeness (QED) is 0.539. The number of hydrogen-bond donors (Lipinski definition) is 3. The first kappa shape index (κ1) is 18.7. The molecule has 0 spiro atoms. The molecule has 1 fully saturated rings. The second-order valence-electron chi connectivity index (χ2n) is 7.06. The molecule has 0 bridgehead atoms. The van der Waals surface area contributed by atoms with Crippen LogP contribution in [0.2, 0.25) is 0 Å². The number of carbonyl (C=O) groups is 1. The fraction of sp³-hybridized carbons (Fsp3) is 0.600. The van der Waals surface area contributed by atoms with Crippen molar-refractivity contribution in [1.29, 1.82) is 0 Å². The van der Waals surface area contributed by atoms with Gasteiger partial charge in [-0.25, -0.2) is 0 Å². The topological polar surface area (TPSA) is 68.8 Å². The number of benzene rings is 1. The normalized spacial score (nSPS) is 23.5. The zero-order chi connectivity index (χ0) is 18.4. The first-order chi connectivity index (χ1) is 12.7. The van der Waals surface area contributed by atoms with E-state index >= 15 is 0 Å². The molecule has 0 aromatic heterocycles. The van der Waals surface area contributed by atoms with Gasteiger partial charge >= 0.3 is 0 Å². The van der Waals surface area contributed by atoms with Crippen molar-refractivity contribution in [3.05, 3.63) is 29.8 Å². The molecule has 0 aliphatic carbocycles. The van der Waals surface area contributed by atoms with Crippen molar-refractivity contribution in [2.45, 2.75) is 45.1 Å². The van der Waals surface area contributed by atoms with Crippen molar-refractivity contribution in [3.63, 3.8) is 0 Å². The number of likely N-dealkylation sites (tertiary alicyclic amines) is 1. The monoisotopic (exact) mass is 357 g/mol. The summed E-state index contributed by atoms with van der Waals surface area (Å²) in [4.78, 5) is 19.3. The molecule has 1 aromatic rings. The van der Waals surface area contributed by atoms with Crippen LogP contribution >= 0.6 is 0 Å². The Labute approximate surface area is 156 Å². The number of carbonyl (C=O) groups excluding carboxylic acids is 1. The maximum Gasteiger partial charge on any atom is 0.225 e. The summed E-state index contributed by atoms with van der Waals surface area (Å²) >= 11 is 0. The van der Waals surface area contributed by atoms with Crippen LogP contribution in [0.1, 0.15) is 44.6 Å². The summed E-state index contributed by atoms with van der Waals surface area (Å²) in [5.74, 6) is 1.10. The maximum atomic E-state index is 12.0. The highest BCUT2D eigenvalue weighted by atomic mass is 16.1. The SMILES string of the molecule is CCNC(=NCC1CCCN1CC)NCC1CC(=O)Nc2ccccc21. The van der Waals surface area contributed by atoms with Gasteiger partial charge in [-0.2, -0.15) is 0 Å². The van der Waals surface area contributed by atoms with Crippen molar-refractivity contribution >= 4 is 17.6 Å². The summed E-state index contributed by atoms with van der Waals surface area (Å²) in [5, 5.41) is 9.74. The summed E-state index contributed by atoms with van der Waals surface area (Å²) in [6.07, 6.45) is 3.01. The third-order valence-electron chi connectivity index (χ3n) is 5.33. The van der Waals surface area contributed by atoms with E-state index in [-0.39, 0.29) is 11.8 Å². The first-order valence-electron chi connectivity index (χ1n) is 9.86. The van der Waals surface area contributed by atoms with E-state index in [4.69, 9.17) is 4.99 Å². The summed E-state index contributed by atoms with van der Waals surface area (Å²) in [7, 11) is 0. The lowest BCUT2D eigenvalue weighted by molar-refractivity contribution is -0.116. The van der Waals surface area contributed by atoms with Gasteiger partial charge in [0.2, 0.25) is 5.91 Å². The van der Waals surface area contributed by atoms with E-state index in [9.17, 15) is 4.79 Å². The average Bonchev–Trinajstić information content (AvgIpc) is 3.11. The van der Waals surface area contributed by atoms with Crippen LogP contribution in [-0.4, -0.2) is 55.5 Å². The Kier molecular flexibility index (Phi) is 6.50. The van der Waals surface area contributed by atoms with Gasteiger partial charge in [0.25, 0.3) is 0 Å². The van der Waals surface area contributed by atoms with Crippen molar-refractivity contribution in [3.8, 4) is 0 Å². The molecule has 2 heterocycles. The van der Waals surface area contributed by atoms with Gasteiger partial charge < -0.3 is 16.0 Å². The van der Waals surface area contributed by atoms with E-state index in [0.29, 0.717) is 19.0 Å². The zero-order valence-corrected chi connectivity index (χ0v) is 15.9. The molecule has 6 nitrogen and oxygen atoms in total. The molecule has 2 unspecified atom stereocenters. The number of aliphatic imine (C=N–C) groups is 1. The van der Waals surface area contributed by atoms with Crippen LogP contribution in [0, 0.1) is 0 Å². The van der Waals surface area contributed by atoms with Crippen LogP contribution in [0.4, 0.5) is 5.69 Å². The summed E-state index contributed by atoms with van der Waals surface area (Å²) in [5.41, 5.74) is 2.13. The highest BCUT2D eigenvalue weighted by Crippen LogP contribution is 2.31. The second kappa shape index (κ2) is 9.03. The Morgan fingerprint density at radius 3 is 2.96 bits per heavy atom. The minimum Gasteiger partial charge on any atom is -0.357 e. The van der Waals surface area contributed by atoms with Crippen molar-refractivity contribution in [2.75, 3.05) is 38.0 Å². The number of guanidine groups is 1. The number of hydrogen-bond acceptors (Lipinski definition) is 3. The number of anilines is 1. The molecule has 0 saturated carbocycles. The lowest BCUT2D eigenvalue weighted by Crippen LogP contribution is -2.41. The number of nitrogens with one attached hydrogen (secondary N) is 3. The number of nitrogens with zero attached hydrogens (tertiary/aromatic N) is 2. The molecule has 2 aliphatic heterocycles. The molecule has 1 saturated heterocycles. The molecule has 3 rings (SSSR count). The lowest BCUT2D eigenvalue weighted by atomic mass is 9.90. The predicted molar refractivity (Wildman–Crippen MR) is 107 cm³/mol. The third-order valence-corrected chi connectivity index (χ3v) is 5.33. The van der Waals surface area contributed by atoms with Crippen molar-refractivity contribution < 1.29 is 4.79 Å². The Morgan fingerprint density at radius 1 is 1.31 bits per heavy atom. The molecule has 1 aromatic carbocycles. The number of likely N-dealkylation sites (N-methyl/N-ethyl adjacent to an activating group) is 1. The largest absolute Gasteiger partial charge is 0.357 e. The highest BCUT2D eigenvalue weighted by molar-refractivity contribution is 5.94. The number of amides is 1. The minimum absolute atomic E-state index is 0.0852. The summed E-state index contributed by atoms with van der Waals surface area (Å²) in [6, 6.07) is 8.61. The van der Waals surface area contributed by atoms with Crippen LogP contribution in [-0.2, 0) is 4.79 Å². The van der Waals surface area contributed by atoms with Crippen molar-refractivity contribution in [1.82, 2.24) is 15.5 Å². The van der Waals surface area contributed by atoms with Gasteiger partial charge in [-0.05, 0) is 44.5 Å². The number of rotatable bonds is 6. The average molecular weight is 358 g/mol. The lowest BCUT2D eigenvalue weighted by Gasteiger charge is -2.26. The fourth-order valence-corrected chi connectivity index (χ4v) is 3.96. The van der Waals surface area contributed by atoms with Crippen LogP contribution in [0.5, 0.6) is 0 Å². The first-order valence-corrected chi connectivity index (χ1v) is 9.86. The van der Waals surface area contributed by atoms with Crippen molar-refractivity contribution in [2.24, 2.45) is 4.99 Å². The summed E-state index contributed by atoms with van der Waals surface area (Å²) < 4.78 is 0. The van der Waals surface area contributed by atoms with Gasteiger partial charge in [-0.1, -0.05) is 25.1 Å². The van der Waals surface area contributed by atoms with Gasteiger partial charge in [0.05, 0.1) is 6.54 Å². The molecule has 3 N–H and O–H groups in total. The number of fused-ring (bicyclic) bond motifs is 1. The van der Waals surface area contributed by atoms with Gasteiger partial charge in [-0.3, -0.25) is 14.7 Å². The van der Waals surface area contributed by atoms with Crippen LogP contribution < -0.4 is 16.0 Å². The third kappa shape index (κ3) is 4.55. The van der Waals surface area contributed by atoms with E-state index in [1.807, 2.05) is 18.2 Å². The molecular weight excluding hydrogens is 326 g/mol. The van der Waals surface area contributed by atoms with Crippen LogP contribution in [0.15, 0.2) is 29.3 Å². The zero-order valence-electron chi connectivity index (χ0n) is 15.9. The Bertz CT molecular complexity index is 645. The van der Waals surface area contributed by atoms with Crippen LogP contribution in [0.25, 0.3) is 0 Å².